The predicted molar refractivity (Wildman–Crippen MR) is 115 cm³/mol. The first kappa shape index (κ1) is 21.9. The molecule has 3 rings (SSSR count). The van der Waals surface area contributed by atoms with Crippen LogP contribution in [0.3, 0.4) is 0 Å². The topological polar surface area (TPSA) is 79.0 Å². The smallest absolute Gasteiger partial charge is 0.220 e. The summed E-state index contributed by atoms with van der Waals surface area (Å²) in [6.45, 7) is 2.41. The molecule has 1 amide bonds. The SMILES string of the molecule is COc1ccc(N2CCN(S(=O)(=O)CCNC(=O)CCC3CCCC3)CC2)cc1. The lowest BCUT2D eigenvalue weighted by Crippen LogP contribution is -2.50. The number of carbonyl (C=O) groups excluding carboxylic acids is 1. The fraction of sp³-hybridized carbons (Fsp3) is 0.667. The second-order valence-corrected chi connectivity index (χ2v) is 10.0. The normalized spacial score (nSPS) is 18.7. The molecule has 2 aliphatic rings. The van der Waals surface area contributed by atoms with Gasteiger partial charge < -0.3 is 15.0 Å². The molecule has 1 aliphatic heterocycles. The van der Waals surface area contributed by atoms with Crippen LogP contribution in [-0.4, -0.2) is 64.2 Å². The maximum absolute atomic E-state index is 12.6. The lowest BCUT2D eigenvalue weighted by Gasteiger charge is -2.35. The maximum atomic E-state index is 12.6. The standard InChI is InChI=1S/C21H33N3O4S/c1-28-20-9-7-19(8-10-20)23-13-15-24(16-14-23)29(26,27)17-12-22-21(25)11-6-18-4-2-3-5-18/h7-10,18H,2-6,11-17H2,1H3,(H,22,25). The highest BCUT2D eigenvalue weighted by atomic mass is 32.2. The van der Waals surface area contributed by atoms with Crippen molar-refractivity contribution < 1.29 is 17.9 Å². The first-order valence-corrected chi connectivity index (χ1v) is 12.2. The highest BCUT2D eigenvalue weighted by molar-refractivity contribution is 7.89. The van der Waals surface area contributed by atoms with Gasteiger partial charge in [0.1, 0.15) is 5.75 Å². The number of ether oxygens (including phenoxy) is 1. The molecular formula is C21H33N3O4S. The summed E-state index contributed by atoms with van der Waals surface area (Å²) >= 11 is 0. The number of nitrogens with zero attached hydrogens (tertiary/aromatic N) is 2. The summed E-state index contributed by atoms with van der Waals surface area (Å²) in [4.78, 5) is 14.1. The zero-order valence-electron chi connectivity index (χ0n) is 17.3. The van der Waals surface area contributed by atoms with E-state index in [0.29, 0.717) is 38.5 Å². The van der Waals surface area contributed by atoms with Crippen molar-refractivity contribution in [2.45, 2.75) is 38.5 Å². The Labute approximate surface area is 174 Å². The molecule has 0 spiro atoms. The third kappa shape index (κ3) is 6.34. The van der Waals surface area contributed by atoms with Gasteiger partial charge in [0.25, 0.3) is 0 Å². The average molecular weight is 424 g/mol. The van der Waals surface area contributed by atoms with Gasteiger partial charge in [-0.1, -0.05) is 25.7 Å². The summed E-state index contributed by atoms with van der Waals surface area (Å²) in [5.74, 6) is 1.41. The quantitative estimate of drug-likeness (QED) is 0.659. The van der Waals surface area contributed by atoms with Crippen LogP contribution in [-0.2, 0) is 14.8 Å². The summed E-state index contributed by atoms with van der Waals surface area (Å²) in [7, 11) is -1.72. The Morgan fingerprint density at radius 2 is 1.76 bits per heavy atom. The Morgan fingerprint density at radius 3 is 2.38 bits per heavy atom. The Hall–Kier alpha value is -1.80. The molecule has 1 saturated carbocycles. The van der Waals surface area contributed by atoms with Gasteiger partial charge in [0, 0.05) is 44.8 Å². The van der Waals surface area contributed by atoms with E-state index in [-0.39, 0.29) is 18.2 Å². The van der Waals surface area contributed by atoms with E-state index in [1.54, 1.807) is 7.11 Å². The monoisotopic (exact) mass is 423 g/mol. The van der Waals surface area contributed by atoms with E-state index in [9.17, 15) is 13.2 Å². The summed E-state index contributed by atoms with van der Waals surface area (Å²) in [5, 5.41) is 2.78. The first-order chi connectivity index (χ1) is 14.0. The number of anilines is 1. The van der Waals surface area contributed by atoms with Gasteiger partial charge in [0.05, 0.1) is 12.9 Å². The van der Waals surface area contributed by atoms with Gasteiger partial charge >= 0.3 is 0 Å². The fourth-order valence-corrected chi connectivity index (χ4v) is 5.53. The third-order valence-corrected chi connectivity index (χ3v) is 7.88. The summed E-state index contributed by atoms with van der Waals surface area (Å²) in [5.41, 5.74) is 1.07. The second-order valence-electron chi connectivity index (χ2n) is 7.94. The number of nitrogens with one attached hydrogen (secondary N) is 1. The fourth-order valence-electron chi connectivity index (χ4n) is 4.19. The third-order valence-electron chi connectivity index (χ3n) is 6.01. The molecular weight excluding hydrogens is 390 g/mol. The molecule has 1 saturated heterocycles. The number of hydrogen-bond acceptors (Lipinski definition) is 5. The Bertz CT molecular complexity index is 753. The van der Waals surface area contributed by atoms with E-state index in [1.807, 2.05) is 24.3 Å². The highest BCUT2D eigenvalue weighted by Crippen LogP contribution is 2.28. The van der Waals surface area contributed by atoms with Gasteiger partial charge in [-0.25, -0.2) is 8.42 Å². The minimum Gasteiger partial charge on any atom is -0.497 e. The number of amides is 1. The number of hydrogen-bond donors (Lipinski definition) is 1. The van der Waals surface area contributed by atoms with Crippen LogP contribution in [0.1, 0.15) is 38.5 Å². The van der Waals surface area contributed by atoms with E-state index in [1.165, 1.54) is 30.0 Å². The zero-order chi connectivity index (χ0) is 20.7. The van der Waals surface area contributed by atoms with E-state index >= 15 is 0 Å². The van der Waals surface area contributed by atoms with Crippen molar-refractivity contribution in [2.24, 2.45) is 5.92 Å². The van der Waals surface area contributed by atoms with Crippen molar-refractivity contribution in [2.75, 3.05) is 50.5 Å². The molecule has 1 aliphatic carbocycles. The van der Waals surface area contributed by atoms with Crippen molar-refractivity contribution in [1.29, 1.82) is 0 Å². The van der Waals surface area contributed by atoms with Crippen molar-refractivity contribution in [1.82, 2.24) is 9.62 Å². The number of methoxy groups -OCH3 is 1. The molecule has 1 N–H and O–H groups in total. The van der Waals surface area contributed by atoms with Crippen LogP contribution in [0.2, 0.25) is 0 Å². The zero-order valence-corrected chi connectivity index (χ0v) is 18.1. The molecule has 7 nitrogen and oxygen atoms in total. The predicted octanol–water partition coefficient (Wildman–Crippen LogP) is 2.23. The lowest BCUT2D eigenvalue weighted by molar-refractivity contribution is -0.121. The van der Waals surface area contributed by atoms with E-state index in [4.69, 9.17) is 4.74 Å². The van der Waals surface area contributed by atoms with Crippen LogP contribution in [0, 0.1) is 5.92 Å². The van der Waals surface area contributed by atoms with Crippen LogP contribution in [0.5, 0.6) is 5.75 Å². The Morgan fingerprint density at radius 1 is 1.10 bits per heavy atom. The number of carbonyl (C=O) groups is 1. The summed E-state index contributed by atoms with van der Waals surface area (Å²) in [6, 6.07) is 7.80. The van der Waals surface area contributed by atoms with Crippen molar-refractivity contribution in [3.05, 3.63) is 24.3 Å². The van der Waals surface area contributed by atoms with Gasteiger partial charge in [0.15, 0.2) is 0 Å². The molecule has 29 heavy (non-hydrogen) atoms. The minimum absolute atomic E-state index is 0.0311. The Kier molecular flexibility index (Phi) is 7.77. The van der Waals surface area contributed by atoms with Gasteiger partial charge in [-0.05, 0) is 36.6 Å². The molecule has 0 bridgehead atoms. The van der Waals surface area contributed by atoms with Crippen LogP contribution in [0.15, 0.2) is 24.3 Å². The van der Waals surface area contributed by atoms with E-state index < -0.39 is 10.0 Å². The van der Waals surface area contributed by atoms with Crippen LogP contribution in [0.25, 0.3) is 0 Å². The molecule has 162 valence electrons. The maximum Gasteiger partial charge on any atom is 0.220 e. The van der Waals surface area contributed by atoms with Crippen LogP contribution in [0.4, 0.5) is 5.69 Å². The minimum atomic E-state index is -3.35. The number of rotatable bonds is 9. The second kappa shape index (κ2) is 10.3. The first-order valence-electron chi connectivity index (χ1n) is 10.6. The van der Waals surface area contributed by atoms with Crippen molar-refractivity contribution in [3.63, 3.8) is 0 Å². The number of sulfonamides is 1. The molecule has 0 unspecified atom stereocenters. The van der Waals surface area contributed by atoms with Crippen LogP contribution < -0.4 is 15.0 Å². The van der Waals surface area contributed by atoms with Crippen molar-refractivity contribution in [3.8, 4) is 5.75 Å². The Balaban J connectivity index is 1.38. The van der Waals surface area contributed by atoms with E-state index in [0.717, 1.165) is 17.9 Å². The van der Waals surface area contributed by atoms with Gasteiger partial charge in [-0.2, -0.15) is 4.31 Å². The largest absolute Gasteiger partial charge is 0.497 e. The average Bonchev–Trinajstić information content (AvgIpc) is 3.26. The van der Waals surface area contributed by atoms with Gasteiger partial charge in [-0.15, -0.1) is 0 Å². The molecule has 0 radical (unpaired) electrons. The van der Waals surface area contributed by atoms with Crippen LogP contribution >= 0.6 is 0 Å². The molecule has 1 aromatic carbocycles. The summed E-state index contributed by atoms with van der Waals surface area (Å²) in [6.07, 6.45) is 6.43. The molecule has 0 atom stereocenters. The number of piperazine rings is 1. The van der Waals surface area contributed by atoms with Crippen molar-refractivity contribution >= 4 is 21.6 Å². The van der Waals surface area contributed by atoms with Gasteiger partial charge in [-0.3, -0.25) is 4.79 Å². The molecule has 1 aromatic rings. The van der Waals surface area contributed by atoms with E-state index in [2.05, 4.69) is 10.2 Å². The molecule has 2 fully saturated rings. The highest BCUT2D eigenvalue weighted by Gasteiger charge is 2.27. The molecule has 8 heteroatoms. The lowest BCUT2D eigenvalue weighted by atomic mass is 10.0. The molecule has 0 aromatic heterocycles. The number of benzene rings is 1. The molecule has 1 heterocycles. The van der Waals surface area contributed by atoms with Gasteiger partial charge in [0.2, 0.25) is 15.9 Å². The summed E-state index contributed by atoms with van der Waals surface area (Å²) < 4.78 is 31.9.